The van der Waals surface area contributed by atoms with Gasteiger partial charge < -0.3 is 10.3 Å². The average Bonchev–Trinajstić information content (AvgIpc) is 2.84. The van der Waals surface area contributed by atoms with Crippen LogP contribution in [0, 0.1) is 12.8 Å². The normalized spacial score (nSPS) is 16.1. The lowest BCUT2D eigenvalue weighted by Crippen LogP contribution is -2.03. The van der Waals surface area contributed by atoms with Crippen LogP contribution >= 0.6 is 0 Å². The molecular weight excluding hydrogens is 162 g/mol. The van der Waals surface area contributed by atoms with Crippen molar-refractivity contribution in [3.05, 3.63) is 11.9 Å². The van der Waals surface area contributed by atoms with E-state index in [9.17, 15) is 0 Å². The van der Waals surface area contributed by atoms with Gasteiger partial charge in [-0.1, -0.05) is 12.8 Å². The van der Waals surface area contributed by atoms with Gasteiger partial charge in [0.2, 0.25) is 0 Å². The molecule has 13 heavy (non-hydrogen) atoms. The van der Waals surface area contributed by atoms with Gasteiger partial charge in [-0.15, -0.1) is 0 Å². The number of imidazole rings is 1. The number of nitrogens with zero attached hydrogens (tertiary/aromatic N) is 1. The minimum atomic E-state index is 0.910. The molecule has 0 aliphatic heterocycles. The maximum atomic E-state index is 4.18. The molecule has 0 radical (unpaired) electrons. The Kier molecular flexibility index (Phi) is 2.52. The lowest BCUT2D eigenvalue weighted by Gasteiger charge is -2.01. The minimum Gasteiger partial charge on any atom is -0.356 e. The summed E-state index contributed by atoms with van der Waals surface area (Å²) in [4.78, 5) is 7.34. The SMILES string of the molecule is Cc1cnc(NCCCC2CC2)[nH]1. The second-order valence-corrected chi connectivity index (χ2v) is 3.93. The predicted octanol–water partition coefficient (Wildman–Crippen LogP) is 2.32. The van der Waals surface area contributed by atoms with Gasteiger partial charge in [-0.3, -0.25) is 0 Å². The molecule has 0 amide bonds. The van der Waals surface area contributed by atoms with Crippen LogP contribution in [0.4, 0.5) is 5.95 Å². The fourth-order valence-electron chi connectivity index (χ4n) is 1.51. The highest BCUT2D eigenvalue weighted by Crippen LogP contribution is 2.33. The Labute approximate surface area is 79.0 Å². The summed E-state index contributed by atoms with van der Waals surface area (Å²) in [5.41, 5.74) is 1.12. The monoisotopic (exact) mass is 179 g/mol. The summed E-state index contributed by atoms with van der Waals surface area (Å²) in [5, 5.41) is 3.28. The maximum absolute atomic E-state index is 4.18. The molecule has 0 aromatic carbocycles. The summed E-state index contributed by atoms with van der Waals surface area (Å²) in [6.45, 7) is 3.06. The van der Waals surface area contributed by atoms with E-state index in [-0.39, 0.29) is 0 Å². The highest BCUT2D eigenvalue weighted by molar-refractivity contribution is 5.25. The summed E-state index contributed by atoms with van der Waals surface area (Å²) in [6.07, 6.45) is 7.42. The number of aromatic amines is 1. The third-order valence-electron chi connectivity index (χ3n) is 2.48. The number of nitrogens with one attached hydrogen (secondary N) is 2. The van der Waals surface area contributed by atoms with Crippen LogP contribution in [0.25, 0.3) is 0 Å². The minimum absolute atomic E-state index is 0.910. The molecule has 3 heteroatoms. The molecule has 0 spiro atoms. The highest BCUT2D eigenvalue weighted by atomic mass is 15.1. The zero-order chi connectivity index (χ0) is 9.10. The van der Waals surface area contributed by atoms with Gasteiger partial charge in [0.05, 0.1) is 0 Å². The van der Waals surface area contributed by atoms with Gasteiger partial charge in [-0.05, 0) is 25.7 Å². The first-order valence-corrected chi connectivity index (χ1v) is 5.10. The van der Waals surface area contributed by atoms with Crippen LogP contribution in [0.2, 0.25) is 0 Å². The Morgan fingerprint density at radius 1 is 1.62 bits per heavy atom. The molecule has 0 atom stereocenters. The molecule has 0 unspecified atom stereocenters. The van der Waals surface area contributed by atoms with E-state index < -0.39 is 0 Å². The molecule has 0 bridgehead atoms. The number of aromatic nitrogens is 2. The Bertz CT molecular complexity index is 263. The molecule has 72 valence electrons. The van der Waals surface area contributed by atoms with Gasteiger partial charge in [-0.25, -0.2) is 4.98 Å². The van der Waals surface area contributed by atoms with Gasteiger partial charge in [0, 0.05) is 18.4 Å². The van der Waals surface area contributed by atoms with Crippen LogP contribution in [0.15, 0.2) is 6.20 Å². The third kappa shape index (κ3) is 2.76. The number of aryl methyl sites for hydroxylation is 1. The van der Waals surface area contributed by atoms with Crippen molar-refractivity contribution < 1.29 is 0 Å². The van der Waals surface area contributed by atoms with Crippen molar-refractivity contribution in [2.75, 3.05) is 11.9 Å². The predicted molar refractivity (Wildman–Crippen MR) is 53.8 cm³/mol. The first kappa shape index (κ1) is 8.60. The lowest BCUT2D eigenvalue weighted by atomic mass is 10.2. The molecule has 1 aromatic heterocycles. The summed E-state index contributed by atoms with van der Waals surface area (Å²) < 4.78 is 0. The summed E-state index contributed by atoms with van der Waals surface area (Å²) in [6, 6.07) is 0. The fourth-order valence-corrected chi connectivity index (χ4v) is 1.51. The second kappa shape index (κ2) is 3.81. The molecule has 1 aliphatic rings. The fraction of sp³-hybridized carbons (Fsp3) is 0.700. The number of H-pyrrole nitrogens is 1. The first-order valence-electron chi connectivity index (χ1n) is 5.10. The van der Waals surface area contributed by atoms with Crippen LogP contribution in [-0.4, -0.2) is 16.5 Å². The Morgan fingerprint density at radius 3 is 3.08 bits per heavy atom. The molecule has 2 N–H and O–H groups in total. The van der Waals surface area contributed by atoms with Crippen molar-refractivity contribution >= 4 is 5.95 Å². The zero-order valence-corrected chi connectivity index (χ0v) is 8.14. The van der Waals surface area contributed by atoms with Crippen molar-refractivity contribution in [1.29, 1.82) is 0 Å². The van der Waals surface area contributed by atoms with Gasteiger partial charge >= 0.3 is 0 Å². The third-order valence-corrected chi connectivity index (χ3v) is 2.48. The number of anilines is 1. The Hall–Kier alpha value is -0.990. The number of rotatable bonds is 5. The molecule has 3 nitrogen and oxygen atoms in total. The van der Waals surface area contributed by atoms with Gasteiger partial charge in [-0.2, -0.15) is 0 Å². The summed E-state index contributed by atoms with van der Waals surface area (Å²) in [5.74, 6) is 1.95. The quantitative estimate of drug-likeness (QED) is 0.681. The van der Waals surface area contributed by atoms with Crippen molar-refractivity contribution in [2.45, 2.75) is 32.6 Å². The molecule has 1 aliphatic carbocycles. The standard InChI is InChI=1S/C10H17N3/c1-8-7-12-10(13-8)11-6-2-3-9-4-5-9/h7,9H,2-6H2,1H3,(H2,11,12,13). The van der Waals surface area contributed by atoms with E-state index in [1.54, 1.807) is 0 Å². The summed E-state index contributed by atoms with van der Waals surface area (Å²) >= 11 is 0. The molecule has 1 fully saturated rings. The van der Waals surface area contributed by atoms with Crippen molar-refractivity contribution in [1.82, 2.24) is 9.97 Å². The largest absolute Gasteiger partial charge is 0.356 e. The maximum Gasteiger partial charge on any atom is 0.200 e. The average molecular weight is 179 g/mol. The lowest BCUT2D eigenvalue weighted by molar-refractivity contribution is 0.686. The van der Waals surface area contributed by atoms with Crippen LogP contribution in [-0.2, 0) is 0 Å². The second-order valence-electron chi connectivity index (χ2n) is 3.93. The van der Waals surface area contributed by atoms with Crippen LogP contribution in [0.1, 0.15) is 31.4 Å². The molecule has 2 rings (SSSR count). The van der Waals surface area contributed by atoms with E-state index in [2.05, 4.69) is 15.3 Å². The van der Waals surface area contributed by atoms with Crippen LogP contribution in [0.5, 0.6) is 0 Å². The number of hydrogen-bond donors (Lipinski definition) is 2. The van der Waals surface area contributed by atoms with Crippen LogP contribution in [0.3, 0.4) is 0 Å². The smallest absolute Gasteiger partial charge is 0.200 e. The van der Waals surface area contributed by atoms with Gasteiger partial charge in [0.25, 0.3) is 0 Å². The molecule has 1 heterocycles. The molecule has 1 saturated carbocycles. The van der Waals surface area contributed by atoms with E-state index >= 15 is 0 Å². The van der Waals surface area contributed by atoms with E-state index in [0.29, 0.717) is 0 Å². The van der Waals surface area contributed by atoms with Crippen molar-refractivity contribution in [3.8, 4) is 0 Å². The topological polar surface area (TPSA) is 40.7 Å². The van der Waals surface area contributed by atoms with Crippen LogP contribution < -0.4 is 5.32 Å². The molecule has 1 aromatic rings. The van der Waals surface area contributed by atoms with E-state index in [0.717, 1.165) is 24.1 Å². The first-order chi connectivity index (χ1) is 6.34. The molecular formula is C10H17N3. The van der Waals surface area contributed by atoms with E-state index in [1.165, 1.54) is 25.7 Å². The van der Waals surface area contributed by atoms with E-state index in [1.807, 2.05) is 13.1 Å². The highest BCUT2D eigenvalue weighted by Gasteiger charge is 2.19. The van der Waals surface area contributed by atoms with Gasteiger partial charge in [0.1, 0.15) is 0 Å². The van der Waals surface area contributed by atoms with Gasteiger partial charge in [0.15, 0.2) is 5.95 Å². The Balaban J connectivity index is 1.61. The molecule has 0 saturated heterocycles. The van der Waals surface area contributed by atoms with E-state index in [4.69, 9.17) is 0 Å². The summed E-state index contributed by atoms with van der Waals surface area (Å²) in [7, 11) is 0. The Morgan fingerprint density at radius 2 is 2.46 bits per heavy atom. The number of hydrogen-bond acceptors (Lipinski definition) is 2. The van der Waals surface area contributed by atoms with Crippen molar-refractivity contribution in [2.24, 2.45) is 5.92 Å². The van der Waals surface area contributed by atoms with Crippen molar-refractivity contribution in [3.63, 3.8) is 0 Å². The zero-order valence-electron chi connectivity index (χ0n) is 8.14.